The molecule has 210 valence electrons. The lowest BCUT2D eigenvalue weighted by molar-refractivity contribution is -0.123. The predicted molar refractivity (Wildman–Crippen MR) is 158 cm³/mol. The molecule has 0 aliphatic rings. The van der Waals surface area contributed by atoms with Crippen LogP contribution in [-0.4, -0.2) is 43.1 Å². The van der Waals surface area contributed by atoms with Crippen molar-refractivity contribution in [3.8, 4) is 11.7 Å². The number of hydrogen-bond acceptors (Lipinski definition) is 8. The Morgan fingerprint density at radius 2 is 1.80 bits per heavy atom. The van der Waals surface area contributed by atoms with Crippen molar-refractivity contribution in [1.82, 2.24) is 15.6 Å². The second kappa shape index (κ2) is 14.5. The molecule has 2 amide bonds. The number of amides is 2. The van der Waals surface area contributed by atoms with Crippen LogP contribution in [0.3, 0.4) is 0 Å². The second-order valence-electron chi connectivity index (χ2n) is 8.37. The smallest absolute Gasteiger partial charge is 0.407 e. The van der Waals surface area contributed by atoms with Gasteiger partial charge in [-0.15, -0.1) is 17.8 Å². The van der Waals surface area contributed by atoms with Crippen LogP contribution in [0.15, 0.2) is 66.1 Å². The minimum Gasteiger partial charge on any atom is -0.453 e. The van der Waals surface area contributed by atoms with E-state index in [0.29, 0.717) is 17.1 Å². The number of allylic oxidation sites excluding steroid dienone is 1. The van der Waals surface area contributed by atoms with E-state index in [1.54, 1.807) is 12.1 Å². The number of nitrogens with one attached hydrogen (secondary N) is 3. The van der Waals surface area contributed by atoms with E-state index in [0.717, 1.165) is 16.0 Å². The first kappa shape index (κ1) is 30.7. The number of carbonyl (C=O) groups excluding carboxylic acids is 2. The topological polar surface area (TPSA) is 147 Å². The van der Waals surface area contributed by atoms with E-state index in [2.05, 4.69) is 15.9 Å². The Hall–Kier alpha value is -3.83. The van der Waals surface area contributed by atoms with Crippen LogP contribution in [0.1, 0.15) is 34.8 Å². The number of carbonyl (C=O) groups is 2. The fourth-order valence-corrected chi connectivity index (χ4v) is 5.63. The number of rotatable bonds is 12. The molecule has 0 bridgehead atoms. The molecule has 13 heteroatoms. The lowest BCUT2D eigenvalue weighted by Crippen LogP contribution is -2.49. The van der Waals surface area contributed by atoms with Crippen molar-refractivity contribution in [3.05, 3.63) is 87.9 Å². The summed E-state index contributed by atoms with van der Waals surface area (Å²) in [5, 5.41) is 10.7. The highest BCUT2D eigenvalue weighted by molar-refractivity contribution is 8.12. The van der Waals surface area contributed by atoms with Crippen LogP contribution in [0, 0.1) is 11.7 Å². The van der Waals surface area contributed by atoms with Gasteiger partial charge in [-0.25, -0.2) is 9.78 Å². The Morgan fingerprint density at radius 3 is 2.40 bits per heavy atom. The highest BCUT2D eigenvalue weighted by Gasteiger charge is 2.26. The van der Waals surface area contributed by atoms with Gasteiger partial charge in [0.25, 0.3) is 0 Å². The molecule has 0 aliphatic carbocycles. The maximum atomic E-state index is 13.5. The molecule has 0 unspecified atom stereocenters. The number of hydrogen-bond donors (Lipinski definition) is 4. The number of nitrogens with zero attached hydrogens (tertiary/aromatic N) is 1. The van der Waals surface area contributed by atoms with Crippen molar-refractivity contribution in [2.24, 2.45) is 0 Å². The molecule has 2 aromatic carbocycles. The first-order chi connectivity index (χ1) is 19.1. The summed E-state index contributed by atoms with van der Waals surface area (Å²) in [6.45, 7) is 1.86. The molecular weight excluding hydrogens is 573 g/mol. The van der Waals surface area contributed by atoms with E-state index < -0.39 is 34.4 Å². The molecule has 0 spiro atoms. The van der Waals surface area contributed by atoms with E-state index in [9.17, 15) is 18.0 Å². The summed E-state index contributed by atoms with van der Waals surface area (Å²) in [5.41, 5.74) is 2.36. The summed E-state index contributed by atoms with van der Waals surface area (Å²) in [6, 6.07) is 14.0. The molecule has 2 atom stereocenters. The molecule has 4 N–H and O–H groups in total. The Labute approximate surface area is 241 Å². The van der Waals surface area contributed by atoms with Gasteiger partial charge in [-0.2, -0.15) is 8.42 Å². The maximum Gasteiger partial charge on any atom is 0.407 e. The quantitative estimate of drug-likeness (QED) is 0.177. The molecule has 10 nitrogen and oxygen atoms in total. The van der Waals surface area contributed by atoms with Gasteiger partial charge in [-0.3, -0.25) is 14.1 Å². The summed E-state index contributed by atoms with van der Waals surface area (Å²) in [5.74, 6) is -0.442. The normalized spacial score (nSPS) is 13.0. The molecule has 0 radical (unpaired) electrons. The van der Waals surface area contributed by atoms with Gasteiger partial charge in [-0.05, 0) is 53.6 Å². The van der Waals surface area contributed by atoms with Crippen molar-refractivity contribution in [3.63, 3.8) is 0 Å². The van der Waals surface area contributed by atoms with Crippen molar-refractivity contribution < 1.29 is 27.3 Å². The number of thioether (sulfide) groups is 1. The number of ether oxygens (including phenoxy) is 1. The molecule has 0 saturated heterocycles. The van der Waals surface area contributed by atoms with Crippen LogP contribution in [0.2, 0.25) is 0 Å². The zero-order chi connectivity index (χ0) is 29.1. The zero-order valence-corrected chi connectivity index (χ0v) is 24.1. The van der Waals surface area contributed by atoms with Gasteiger partial charge in [-0.1, -0.05) is 48.5 Å². The van der Waals surface area contributed by atoms with Crippen LogP contribution in [0.25, 0.3) is 4.91 Å². The van der Waals surface area contributed by atoms with Crippen LogP contribution in [0.5, 0.6) is 0 Å². The van der Waals surface area contributed by atoms with E-state index in [1.165, 1.54) is 42.3 Å². The second-order valence-corrected chi connectivity index (χ2v) is 11.3. The largest absolute Gasteiger partial charge is 0.453 e. The minimum absolute atomic E-state index is 0.178. The van der Waals surface area contributed by atoms with E-state index in [4.69, 9.17) is 20.7 Å². The van der Waals surface area contributed by atoms with E-state index >= 15 is 0 Å². The highest BCUT2D eigenvalue weighted by atomic mass is 32.2. The average molecular weight is 601 g/mol. The van der Waals surface area contributed by atoms with Crippen LogP contribution < -0.4 is 15.4 Å². The first-order valence-corrected chi connectivity index (χ1v) is 15.0. The number of anilines is 1. The average Bonchev–Trinajstić information content (AvgIpc) is 3.41. The molecule has 0 fully saturated rings. The van der Waals surface area contributed by atoms with Gasteiger partial charge in [0.05, 0.1) is 29.4 Å². The fourth-order valence-electron chi connectivity index (χ4n) is 3.70. The molecule has 3 aromatic rings. The molecule has 1 aromatic heterocycles. The molecule has 3 rings (SSSR count). The SMILES string of the molecule is C#CS/C(=C\C)c1nc([C@H](Cc2ccc(NS(=O)(=O)O)cc2)NC(=O)[C@H](Cc2ccccc2)NC(=O)OC)cs1. The van der Waals surface area contributed by atoms with Gasteiger partial charge in [0.2, 0.25) is 5.91 Å². The Morgan fingerprint density at radius 1 is 1.12 bits per heavy atom. The Bertz CT molecular complexity index is 1480. The van der Waals surface area contributed by atoms with Crippen molar-refractivity contribution in [2.75, 3.05) is 11.8 Å². The molecule has 0 aliphatic heterocycles. The Kier molecular flexibility index (Phi) is 11.2. The summed E-state index contributed by atoms with van der Waals surface area (Å²) >= 11 is 2.59. The fraction of sp³-hybridized carbons (Fsp3) is 0.222. The summed E-state index contributed by atoms with van der Waals surface area (Å²) in [6.07, 6.45) is 7.11. The van der Waals surface area contributed by atoms with Gasteiger partial charge < -0.3 is 15.4 Å². The molecule has 40 heavy (non-hydrogen) atoms. The van der Waals surface area contributed by atoms with E-state index in [-0.39, 0.29) is 12.1 Å². The molecule has 0 saturated carbocycles. The van der Waals surface area contributed by atoms with Gasteiger partial charge in [0.15, 0.2) is 0 Å². The number of aromatic nitrogens is 1. The summed E-state index contributed by atoms with van der Waals surface area (Å²) in [4.78, 5) is 31.1. The number of terminal acetylenes is 1. The summed E-state index contributed by atoms with van der Waals surface area (Å²) in [7, 11) is -3.19. The van der Waals surface area contributed by atoms with Crippen LogP contribution >= 0.6 is 23.1 Å². The van der Waals surface area contributed by atoms with Gasteiger partial charge in [0.1, 0.15) is 11.0 Å². The molecular formula is C27H28N4O6S3. The van der Waals surface area contributed by atoms with Crippen LogP contribution in [0.4, 0.5) is 10.5 Å². The molecule has 1 heterocycles. The predicted octanol–water partition coefficient (Wildman–Crippen LogP) is 4.41. The van der Waals surface area contributed by atoms with Gasteiger partial charge in [0, 0.05) is 11.8 Å². The van der Waals surface area contributed by atoms with Gasteiger partial charge >= 0.3 is 16.4 Å². The number of thiazole rings is 1. The van der Waals surface area contributed by atoms with E-state index in [1.807, 2.05) is 53.4 Å². The third-order valence-corrected chi connectivity index (χ3v) is 7.84. The highest BCUT2D eigenvalue weighted by Crippen LogP contribution is 2.31. The standard InChI is InChI=1S/C27H28N4O6S3/c1-4-24(38-5-2)26-29-23(17-39-26)21(15-19-11-13-20(14-12-19)31-40(34,35)36)28-25(32)22(30-27(33)37-3)16-18-9-7-6-8-10-18/h2,4,6-14,17,21-22,31H,15-16H2,1,3H3,(H,28,32)(H,30,33)(H,34,35,36)/b24-4-/t21-,22-/m0/s1. The Balaban J connectivity index is 1.90. The third kappa shape index (κ3) is 9.42. The van der Waals surface area contributed by atoms with Crippen LogP contribution in [-0.2, 0) is 32.7 Å². The zero-order valence-electron chi connectivity index (χ0n) is 21.7. The van der Waals surface area contributed by atoms with Crippen molar-refractivity contribution in [2.45, 2.75) is 31.8 Å². The minimum atomic E-state index is -4.41. The maximum absolute atomic E-state index is 13.5. The summed E-state index contributed by atoms with van der Waals surface area (Å²) < 4.78 is 38.0. The van der Waals surface area contributed by atoms with Crippen molar-refractivity contribution in [1.29, 1.82) is 0 Å². The van der Waals surface area contributed by atoms with Crippen molar-refractivity contribution >= 4 is 56.0 Å². The number of methoxy groups -OCH3 is 1. The first-order valence-electron chi connectivity index (χ1n) is 11.9. The lowest BCUT2D eigenvalue weighted by Gasteiger charge is -2.23. The third-order valence-electron chi connectivity index (χ3n) is 5.55. The number of alkyl carbamates (subject to hydrolysis) is 1. The lowest BCUT2D eigenvalue weighted by atomic mass is 10.0. The number of benzene rings is 2. The monoisotopic (exact) mass is 600 g/mol.